The third-order valence-electron chi connectivity index (χ3n) is 4.51. The quantitative estimate of drug-likeness (QED) is 0.896. The van der Waals surface area contributed by atoms with Crippen LogP contribution in [-0.4, -0.2) is 40.0 Å². The van der Waals surface area contributed by atoms with Gasteiger partial charge in [-0.1, -0.05) is 18.2 Å². The van der Waals surface area contributed by atoms with Crippen LogP contribution in [0.25, 0.3) is 10.9 Å². The molecule has 1 aliphatic rings. The second kappa shape index (κ2) is 5.53. The Morgan fingerprint density at radius 1 is 1.35 bits per heavy atom. The predicted octanol–water partition coefficient (Wildman–Crippen LogP) is 1.39. The van der Waals surface area contributed by atoms with E-state index in [-0.39, 0.29) is 24.4 Å². The average molecular weight is 314 g/mol. The number of carbonyl (C=O) groups excluding carboxylic acids is 1. The number of aromatic amines is 1. The van der Waals surface area contributed by atoms with Gasteiger partial charge in [-0.3, -0.25) is 14.4 Å². The van der Waals surface area contributed by atoms with Crippen LogP contribution in [0.4, 0.5) is 0 Å². The molecule has 0 bridgehead atoms. The van der Waals surface area contributed by atoms with Gasteiger partial charge in [0.05, 0.1) is 11.8 Å². The first-order valence-electron chi connectivity index (χ1n) is 7.51. The molecule has 2 heterocycles. The first-order chi connectivity index (χ1) is 10.9. The van der Waals surface area contributed by atoms with Gasteiger partial charge in [0, 0.05) is 24.2 Å². The number of likely N-dealkylation sites (tertiary alicyclic amines) is 1. The van der Waals surface area contributed by atoms with E-state index in [0.29, 0.717) is 18.5 Å². The number of H-pyrrole nitrogens is 1. The number of carboxylic acids is 1. The van der Waals surface area contributed by atoms with E-state index in [0.717, 1.165) is 10.9 Å². The number of pyridine rings is 1. The minimum Gasteiger partial charge on any atom is -0.481 e. The van der Waals surface area contributed by atoms with Gasteiger partial charge in [-0.2, -0.15) is 0 Å². The van der Waals surface area contributed by atoms with Crippen LogP contribution in [0.3, 0.4) is 0 Å². The van der Waals surface area contributed by atoms with Crippen LogP contribution in [-0.2, 0) is 16.0 Å². The molecule has 3 rings (SSSR count). The van der Waals surface area contributed by atoms with Gasteiger partial charge in [0.1, 0.15) is 0 Å². The average Bonchev–Trinajstić information content (AvgIpc) is 2.92. The standard InChI is InChI=1S/C17H18N2O4/c1-17(16(22)23)6-7-19(10-17)14(20)9-12-8-11-4-2-3-5-13(11)18-15(12)21/h2-5,8H,6-7,9-10H2,1H3,(H,18,21)(H,22,23)/t17-/m0/s1. The van der Waals surface area contributed by atoms with Gasteiger partial charge in [0.2, 0.25) is 5.91 Å². The number of hydrogen-bond donors (Lipinski definition) is 2. The molecule has 2 N–H and O–H groups in total. The lowest BCUT2D eigenvalue weighted by molar-refractivity contribution is -0.147. The highest BCUT2D eigenvalue weighted by molar-refractivity contribution is 5.84. The first kappa shape index (κ1) is 15.3. The summed E-state index contributed by atoms with van der Waals surface area (Å²) in [7, 11) is 0. The number of carbonyl (C=O) groups is 2. The third-order valence-corrected chi connectivity index (χ3v) is 4.51. The van der Waals surface area contributed by atoms with Crippen LogP contribution < -0.4 is 5.56 Å². The predicted molar refractivity (Wildman–Crippen MR) is 85.2 cm³/mol. The highest BCUT2D eigenvalue weighted by Crippen LogP contribution is 2.30. The molecule has 0 spiro atoms. The maximum Gasteiger partial charge on any atom is 0.311 e. The Morgan fingerprint density at radius 3 is 2.78 bits per heavy atom. The highest BCUT2D eigenvalue weighted by Gasteiger charge is 2.42. The fourth-order valence-electron chi connectivity index (χ4n) is 2.95. The number of fused-ring (bicyclic) bond motifs is 1. The fourth-order valence-corrected chi connectivity index (χ4v) is 2.95. The van der Waals surface area contributed by atoms with Crippen molar-refractivity contribution in [2.24, 2.45) is 5.41 Å². The lowest BCUT2D eigenvalue weighted by Gasteiger charge is -2.20. The van der Waals surface area contributed by atoms with Gasteiger partial charge in [-0.25, -0.2) is 0 Å². The van der Waals surface area contributed by atoms with Crippen LogP contribution in [0.5, 0.6) is 0 Å². The van der Waals surface area contributed by atoms with Gasteiger partial charge < -0.3 is 15.0 Å². The maximum atomic E-state index is 12.4. The van der Waals surface area contributed by atoms with Crippen molar-refractivity contribution in [3.8, 4) is 0 Å². The van der Waals surface area contributed by atoms with Crippen LogP contribution >= 0.6 is 0 Å². The second-order valence-electron chi connectivity index (χ2n) is 6.32. The van der Waals surface area contributed by atoms with Crippen LogP contribution in [0.15, 0.2) is 35.1 Å². The molecule has 1 amide bonds. The number of carboxylic acid groups (broad SMARTS) is 1. The number of nitrogens with one attached hydrogen (secondary N) is 1. The summed E-state index contributed by atoms with van der Waals surface area (Å²) in [6.45, 7) is 2.24. The molecule has 1 aromatic heterocycles. The van der Waals surface area contributed by atoms with Crippen molar-refractivity contribution in [1.82, 2.24) is 9.88 Å². The number of aromatic nitrogens is 1. The minimum absolute atomic E-state index is 0.0180. The zero-order valence-electron chi connectivity index (χ0n) is 12.8. The smallest absolute Gasteiger partial charge is 0.311 e. The fraction of sp³-hybridized carbons (Fsp3) is 0.353. The zero-order valence-corrected chi connectivity index (χ0v) is 12.8. The van der Waals surface area contributed by atoms with Crippen molar-refractivity contribution in [2.45, 2.75) is 19.8 Å². The van der Waals surface area contributed by atoms with Crippen molar-refractivity contribution in [1.29, 1.82) is 0 Å². The molecule has 1 aromatic carbocycles. The van der Waals surface area contributed by atoms with Gasteiger partial charge in [-0.05, 0) is 30.9 Å². The normalized spacial score (nSPS) is 20.8. The summed E-state index contributed by atoms with van der Waals surface area (Å²) in [5.41, 5.74) is -0.0472. The Hall–Kier alpha value is -2.63. The Bertz CT molecular complexity index is 842. The Kier molecular flexibility index (Phi) is 3.67. The zero-order chi connectivity index (χ0) is 16.6. The Labute approximate surface area is 132 Å². The summed E-state index contributed by atoms with van der Waals surface area (Å²) >= 11 is 0. The molecule has 6 heteroatoms. The molecule has 0 aliphatic carbocycles. The monoisotopic (exact) mass is 314 g/mol. The first-order valence-corrected chi connectivity index (χ1v) is 7.51. The topological polar surface area (TPSA) is 90.5 Å². The van der Waals surface area contributed by atoms with E-state index in [1.54, 1.807) is 19.1 Å². The SMILES string of the molecule is C[C@]1(C(=O)O)CCN(C(=O)Cc2cc3ccccc3[nH]c2=O)C1. The van der Waals surface area contributed by atoms with Crippen LogP contribution in [0.1, 0.15) is 18.9 Å². The molecule has 0 radical (unpaired) electrons. The highest BCUT2D eigenvalue weighted by atomic mass is 16.4. The lowest BCUT2D eigenvalue weighted by Crippen LogP contribution is -2.36. The molecule has 1 saturated heterocycles. The minimum atomic E-state index is -0.897. The molecule has 1 aliphatic heterocycles. The molecule has 1 atom stereocenters. The molecule has 120 valence electrons. The van der Waals surface area contributed by atoms with Crippen molar-refractivity contribution >= 4 is 22.8 Å². The van der Waals surface area contributed by atoms with E-state index in [9.17, 15) is 19.5 Å². The van der Waals surface area contributed by atoms with E-state index in [1.165, 1.54) is 4.90 Å². The summed E-state index contributed by atoms with van der Waals surface area (Å²) in [5, 5.41) is 10.1. The molecule has 2 aromatic rings. The van der Waals surface area contributed by atoms with Gasteiger partial charge in [0.15, 0.2) is 0 Å². The summed E-state index contributed by atoms with van der Waals surface area (Å²) in [6.07, 6.45) is 0.415. The van der Waals surface area contributed by atoms with E-state index < -0.39 is 11.4 Å². The van der Waals surface area contributed by atoms with E-state index in [4.69, 9.17) is 0 Å². The van der Waals surface area contributed by atoms with Gasteiger partial charge in [0.25, 0.3) is 5.56 Å². The van der Waals surface area contributed by atoms with E-state index in [2.05, 4.69) is 4.98 Å². The number of rotatable bonds is 3. The van der Waals surface area contributed by atoms with E-state index >= 15 is 0 Å². The molecule has 0 saturated carbocycles. The second-order valence-corrected chi connectivity index (χ2v) is 6.32. The number of nitrogens with zero attached hydrogens (tertiary/aromatic N) is 1. The van der Waals surface area contributed by atoms with Crippen molar-refractivity contribution in [2.75, 3.05) is 13.1 Å². The number of amides is 1. The molecule has 1 fully saturated rings. The molecular formula is C17H18N2O4. The van der Waals surface area contributed by atoms with Crippen LogP contribution in [0.2, 0.25) is 0 Å². The number of para-hydroxylation sites is 1. The molecular weight excluding hydrogens is 296 g/mol. The molecule has 0 unspecified atom stereocenters. The van der Waals surface area contributed by atoms with Gasteiger partial charge in [-0.15, -0.1) is 0 Å². The lowest BCUT2D eigenvalue weighted by atomic mass is 9.90. The molecule has 23 heavy (non-hydrogen) atoms. The summed E-state index contributed by atoms with van der Waals surface area (Å²) in [5.74, 6) is -1.10. The largest absolute Gasteiger partial charge is 0.481 e. The van der Waals surface area contributed by atoms with Crippen molar-refractivity contribution < 1.29 is 14.7 Å². The third kappa shape index (κ3) is 2.84. The maximum absolute atomic E-state index is 12.4. The Morgan fingerprint density at radius 2 is 2.09 bits per heavy atom. The summed E-state index contributed by atoms with van der Waals surface area (Å²) in [4.78, 5) is 40.0. The summed E-state index contributed by atoms with van der Waals surface area (Å²) < 4.78 is 0. The van der Waals surface area contributed by atoms with Crippen molar-refractivity contribution in [3.63, 3.8) is 0 Å². The molecule has 6 nitrogen and oxygen atoms in total. The van der Waals surface area contributed by atoms with Crippen molar-refractivity contribution in [3.05, 3.63) is 46.2 Å². The number of aliphatic carboxylic acids is 1. The number of hydrogen-bond acceptors (Lipinski definition) is 3. The van der Waals surface area contributed by atoms with Crippen LogP contribution in [0, 0.1) is 5.41 Å². The van der Waals surface area contributed by atoms with E-state index in [1.807, 2.05) is 18.2 Å². The van der Waals surface area contributed by atoms with Gasteiger partial charge >= 0.3 is 5.97 Å². The number of benzene rings is 1. The summed E-state index contributed by atoms with van der Waals surface area (Å²) in [6, 6.07) is 9.10. The Balaban J connectivity index is 1.80.